The van der Waals surface area contributed by atoms with Crippen molar-refractivity contribution in [1.29, 1.82) is 0 Å². The fraction of sp³-hybridized carbons (Fsp3) is 0.684. The van der Waals surface area contributed by atoms with Gasteiger partial charge in [0.25, 0.3) is 5.91 Å². The van der Waals surface area contributed by atoms with Crippen LogP contribution in [-0.2, 0) is 0 Å². The Morgan fingerprint density at radius 1 is 1.28 bits per heavy atom. The van der Waals surface area contributed by atoms with Crippen molar-refractivity contribution in [1.82, 2.24) is 15.2 Å². The molecule has 6 heteroatoms. The first kappa shape index (κ1) is 16.8. The number of pyridine rings is 1. The summed E-state index contributed by atoms with van der Waals surface area (Å²) in [5.74, 6) is 2.19. The molecule has 2 heterocycles. The number of carbonyl (C=O) groups is 1. The van der Waals surface area contributed by atoms with Crippen LogP contribution in [0, 0.1) is 17.8 Å². The number of anilines is 1. The second-order valence-electron chi connectivity index (χ2n) is 7.87. The number of hydrogen-bond acceptors (Lipinski definition) is 5. The van der Waals surface area contributed by atoms with Crippen molar-refractivity contribution in [2.75, 3.05) is 44.7 Å². The van der Waals surface area contributed by atoms with Crippen LogP contribution < -0.4 is 10.2 Å². The van der Waals surface area contributed by atoms with Crippen molar-refractivity contribution < 1.29 is 9.90 Å². The standard InChI is InChI=1S/C19H28N4O2/c1-22-6-8-23(9-7-22)17-11-15(4-5-20-17)19(25)21-18-14-3-2-13(10-14)16(18)12-24/h4-5,11,13-14,16,18,24H,2-3,6-10,12H2,1H3,(H,21,25). The fourth-order valence-electron chi connectivity index (χ4n) is 4.90. The first-order valence-electron chi connectivity index (χ1n) is 9.47. The molecule has 4 atom stereocenters. The fourth-order valence-corrected chi connectivity index (χ4v) is 4.90. The Kier molecular flexibility index (Phi) is 4.65. The lowest BCUT2D eigenvalue weighted by Gasteiger charge is -2.33. The number of amides is 1. The van der Waals surface area contributed by atoms with E-state index in [9.17, 15) is 9.90 Å². The van der Waals surface area contributed by atoms with Crippen LogP contribution in [0.4, 0.5) is 5.82 Å². The number of aromatic nitrogens is 1. The van der Waals surface area contributed by atoms with Crippen LogP contribution in [0.5, 0.6) is 0 Å². The van der Waals surface area contributed by atoms with E-state index >= 15 is 0 Å². The quantitative estimate of drug-likeness (QED) is 0.852. The lowest BCUT2D eigenvalue weighted by atomic mass is 9.85. The second-order valence-corrected chi connectivity index (χ2v) is 7.87. The van der Waals surface area contributed by atoms with E-state index in [-0.39, 0.29) is 24.5 Å². The molecule has 3 fully saturated rings. The Balaban J connectivity index is 1.45. The molecule has 1 aromatic rings. The molecule has 0 radical (unpaired) electrons. The van der Waals surface area contributed by atoms with Gasteiger partial charge in [0.05, 0.1) is 0 Å². The van der Waals surface area contributed by atoms with Gasteiger partial charge >= 0.3 is 0 Å². The van der Waals surface area contributed by atoms with Gasteiger partial charge in [0.1, 0.15) is 5.82 Å². The Morgan fingerprint density at radius 2 is 2.04 bits per heavy atom. The molecular formula is C19H28N4O2. The van der Waals surface area contributed by atoms with Crippen LogP contribution in [-0.4, -0.2) is 66.8 Å². The average Bonchev–Trinajstić information content (AvgIpc) is 3.24. The number of aliphatic hydroxyl groups is 1. The van der Waals surface area contributed by atoms with Crippen molar-refractivity contribution in [2.45, 2.75) is 25.3 Å². The van der Waals surface area contributed by atoms with Gasteiger partial charge in [-0.3, -0.25) is 4.79 Å². The zero-order valence-electron chi connectivity index (χ0n) is 14.9. The van der Waals surface area contributed by atoms with Crippen LogP contribution >= 0.6 is 0 Å². The molecule has 136 valence electrons. The third kappa shape index (κ3) is 3.25. The maximum absolute atomic E-state index is 12.8. The Hall–Kier alpha value is -1.66. The lowest BCUT2D eigenvalue weighted by molar-refractivity contribution is 0.0861. The highest BCUT2D eigenvalue weighted by Crippen LogP contribution is 2.48. The second kappa shape index (κ2) is 6.92. The maximum Gasteiger partial charge on any atom is 0.251 e. The van der Waals surface area contributed by atoms with Gasteiger partial charge in [-0.1, -0.05) is 0 Å². The summed E-state index contributed by atoms with van der Waals surface area (Å²) in [6.45, 7) is 4.08. The van der Waals surface area contributed by atoms with E-state index < -0.39 is 0 Å². The number of carbonyl (C=O) groups excluding carboxylic acids is 1. The average molecular weight is 344 g/mol. The molecule has 0 spiro atoms. The number of rotatable bonds is 4. The number of piperazine rings is 1. The summed E-state index contributed by atoms with van der Waals surface area (Å²) in [6.07, 6.45) is 5.26. The molecule has 1 aliphatic heterocycles. The van der Waals surface area contributed by atoms with Crippen molar-refractivity contribution in [3.05, 3.63) is 23.9 Å². The van der Waals surface area contributed by atoms with Crippen molar-refractivity contribution >= 4 is 11.7 Å². The monoisotopic (exact) mass is 344 g/mol. The van der Waals surface area contributed by atoms with Crippen molar-refractivity contribution in [3.63, 3.8) is 0 Å². The summed E-state index contributed by atoms with van der Waals surface area (Å²) in [6, 6.07) is 3.81. The number of nitrogens with one attached hydrogen (secondary N) is 1. The summed E-state index contributed by atoms with van der Waals surface area (Å²) in [5, 5.41) is 12.9. The van der Waals surface area contributed by atoms with E-state index in [0.717, 1.165) is 38.4 Å². The molecular weight excluding hydrogens is 316 g/mol. The third-order valence-electron chi connectivity index (χ3n) is 6.43. The van der Waals surface area contributed by atoms with E-state index in [1.54, 1.807) is 12.3 Å². The minimum Gasteiger partial charge on any atom is -0.396 e. The summed E-state index contributed by atoms with van der Waals surface area (Å²) in [7, 11) is 2.13. The Morgan fingerprint density at radius 3 is 2.80 bits per heavy atom. The molecule has 3 aliphatic rings. The van der Waals surface area contributed by atoms with Crippen LogP contribution in [0.2, 0.25) is 0 Å². The van der Waals surface area contributed by atoms with Crippen molar-refractivity contribution in [3.8, 4) is 0 Å². The van der Waals surface area contributed by atoms with E-state index in [1.807, 2.05) is 6.07 Å². The SMILES string of the molecule is CN1CCN(c2cc(C(=O)NC3C4CCC(C4)C3CO)ccn2)CC1. The van der Waals surface area contributed by atoms with E-state index in [2.05, 4.69) is 27.1 Å². The zero-order valence-corrected chi connectivity index (χ0v) is 14.9. The van der Waals surface area contributed by atoms with E-state index in [1.165, 1.54) is 12.8 Å². The molecule has 4 unspecified atom stereocenters. The predicted molar refractivity (Wildman–Crippen MR) is 96.6 cm³/mol. The van der Waals surface area contributed by atoms with Gasteiger partial charge < -0.3 is 20.2 Å². The number of nitrogens with zero attached hydrogens (tertiary/aromatic N) is 3. The normalized spacial score (nSPS) is 32.2. The number of aliphatic hydroxyl groups excluding tert-OH is 1. The number of fused-ring (bicyclic) bond motifs is 2. The predicted octanol–water partition coefficient (Wildman–Crippen LogP) is 0.970. The summed E-state index contributed by atoms with van der Waals surface area (Å²) >= 11 is 0. The van der Waals surface area contributed by atoms with Crippen molar-refractivity contribution in [2.24, 2.45) is 17.8 Å². The largest absolute Gasteiger partial charge is 0.396 e. The smallest absolute Gasteiger partial charge is 0.251 e. The highest BCUT2D eigenvalue weighted by Gasteiger charge is 2.47. The molecule has 1 amide bonds. The van der Waals surface area contributed by atoms with Gasteiger partial charge in [-0.05, 0) is 50.3 Å². The third-order valence-corrected chi connectivity index (χ3v) is 6.43. The van der Waals surface area contributed by atoms with Gasteiger partial charge in [-0.25, -0.2) is 4.98 Å². The number of likely N-dealkylation sites (N-methyl/N-ethyl adjacent to an activating group) is 1. The van der Waals surface area contributed by atoms with Gasteiger partial charge in [-0.2, -0.15) is 0 Å². The van der Waals surface area contributed by atoms with Gasteiger partial charge in [0.15, 0.2) is 0 Å². The first-order chi connectivity index (χ1) is 12.2. The molecule has 2 saturated carbocycles. The summed E-state index contributed by atoms with van der Waals surface area (Å²) in [5.41, 5.74) is 0.670. The van der Waals surface area contributed by atoms with E-state index in [4.69, 9.17) is 0 Å². The highest BCUT2D eigenvalue weighted by atomic mass is 16.3. The minimum atomic E-state index is -0.0335. The molecule has 2 N–H and O–H groups in total. The molecule has 0 aromatic carbocycles. The molecule has 2 bridgehead atoms. The molecule has 6 nitrogen and oxygen atoms in total. The molecule has 2 aliphatic carbocycles. The maximum atomic E-state index is 12.8. The molecule has 4 rings (SSSR count). The highest BCUT2D eigenvalue weighted by molar-refractivity contribution is 5.95. The van der Waals surface area contributed by atoms with E-state index in [0.29, 0.717) is 17.4 Å². The summed E-state index contributed by atoms with van der Waals surface area (Å²) < 4.78 is 0. The molecule has 1 aromatic heterocycles. The Bertz CT molecular complexity index is 630. The number of hydrogen-bond donors (Lipinski definition) is 2. The van der Waals surface area contributed by atoms with Gasteiger partial charge in [0, 0.05) is 56.5 Å². The Labute approximate surface area is 149 Å². The van der Waals surface area contributed by atoms with Crippen LogP contribution in [0.15, 0.2) is 18.3 Å². The van der Waals surface area contributed by atoms with Gasteiger partial charge in [0.2, 0.25) is 0 Å². The van der Waals surface area contributed by atoms with Crippen LogP contribution in [0.25, 0.3) is 0 Å². The lowest BCUT2D eigenvalue weighted by Crippen LogP contribution is -2.46. The van der Waals surface area contributed by atoms with Gasteiger partial charge in [-0.15, -0.1) is 0 Å². The first-order valence-corrected chi connectivity index (χ1v) is 9.47. The topological polar surface area (TPSA) is 68.7 Å². The summed E-state index contributed by atoms with van der Waals surface area (Å²) in [4.78, 5) is 21.8. The molecule has 25 heavy (non-hydrogen) atoms. The van der Waals surface area contributed by atoms with Crippen LogP contribution in [0.3, 0.4) is 0 Å². The van der Waals surface area contributed by atoms with Crippen LogP contribution in [0.1, 0.15) is 29.6 Å². The minimum absolute atomic E-state index is 0.0335. The molecule has 1 saturated heterocycles. The zero-order chi connectivity index (χ0) is 17.4.